The maximum absolute atomic E-state index is 12.3. The second-order valence-corrected chi connectivity index (χ2v) is 6.18. The van der Waals surface area contributed by atoms with Crippen molar-refractivity contribution in [2.75, 3.05) is 19.6 Å². The lowest BCUT2D eigenvalue weighted by molar-refractivity contribution is -0.0498. The summed E-state index contributed by atoms with van der Waals surface area (Å²) in [7, 11) is 0. The first-order valence-electron chi connectivity index (χ1n) is 8.94. The van der Waals surface area contributed by atoms with E-state index in [1.54, 1.807) is 16.8 Å². The van der Waals surface area contributed by atoms with Gasteiger partial charge in [0.2, 0.25) is 0 Å². The zero-order chi connectivity index (χ0) is 19.8. The number of tetrazole rings is 1. The van der Waals surface area contributed by atoms with Crippen LogP contribution in [0.25, 0.3) is 5.69 Å². The van der Waals surface area contributed by atoms with Crippen molar-refractivity contribution < 1.29 is 13.5 Å². The second kappa shape index (κ2) is 11.4. The molecule has 0 saturated heterocycles. The van der Waals surface area contributed by atoms with E-state index in [0.717, 1.165) is 13.0 Å². The number of aromatic nitrogens is 4. The van der Waals surface area contributed by atoms with E-state index in [-0.39, 0.29) is 18.2 Å². The molecule has 29 heavy (non-hydrogen) atoms. The number of benzene rings is 2. The van der Waals surface area contributed by atoms with E-state index >= 15 is 0 Å². The zero-order valence-electron chi connectivity index (χ0n) is 15.7. The van der Waals surface area contributed by atoms with Crippen molar-refractivity contribution in [2.24, 2.45) is 5.73 Å². The van der Waals surface area contributed by atoms with Crippen molar-refractivity contribution in [2.45, 2.75) is 19.6 Å². The molecule has 3 aromatic rings. The van der Waals surface area contributed by atoms with E-state index in [4.69, 9.17) is 5.73 Å². The molecule has 0 aliphatic heterocycles. The van der Waals surface area contributed by atoms with Crippen molar-refractivity contribution in [3.05, 3.63) is 66.0 Å². The number of nitrogens with zero attached hydrogens (tertiary/aromatic N) is 5. The van der Waals surface area contributed by atoms with Crippen molar-refractivity contribution in [1.29, 1.82) is 0 Å². The summed E-state index contributed by atoms with van der Waals surface area (Å²) in [5.74, 6) is 0.727. The van der Waals surface area contributed by atoms with Gasteiger partial charge < -0.3 is 10.5 Å². The van der Waals surface area contributed by atoms with Crippen molar-refractivity contribution in [3.63, 3.8) is 0 Å². The summed E-state index contributed by atoms with van der Waals surface area (Å²) in [4.78, 5) is 2.18. The Morgan fingerprint density at radius 1 is 1.03 bits per heavy atom. The fourth-order valence-electron chi connectivity index (χ4n) is 2.86. The number of ether oxygens (including phenoxy) is 1. The Hall–Kier alpha value is -2.62. The van der Waals surface area contributed by atoms with Crippen LogP contribution in [0.2, 0.25) is 0 Å². The van der Waals surface area contributed by atoms with Gasteiger partial charge in [-0.15, -0.1) is 17.5 Å². The standard InChI is InChI=1S/C19H22F2N6O.ClH/c20-19(21)28-17-8-6-16(7-9-17)27-18(23-24-25-27)14-26(13-11-22)12-10-15-4-2-1-3-5-15;/h1-9,19H,10-14,22H2;1H. The van der Waals surface area contributed by atoms with Crippen LogP contribution in [0.15, 0.2) is 54.6 Å². The summed E-state index contributed by atoms with van der Waals surface area (Å²) in [6, 6.07) is 16.4. The molecule has 0 amide bonds. The Morgan fingerprint density at radius 3 is 2.41 bits per heavy atom. The number of rotatable bonds is 10. The van der Waals surface area contributed by atoms with E-state index in [0.29, 0.717) is 31.1 Å². The molecule has 2 aromatic carbocycles. The second-order valence-electron chi connectivity index (χ2n) is 6.18. The molecular weight excluding hydrogens is 402 g/mol. The lowest BCUT2D eigenvalue weighted by Crippen LogP contribution is -2.32. The van der Waals surface area contributed by atoms with Gasteiger partial charge in [0, 0.05) is 19.6 Å². The number of nitrogens with two attached hydrogens (primary N) is 1. The van der Waals surface area contributed by atoms with Crippen LogP contribution in [-0.4, -0.2) is 51.4 Å². The monoisotopic (exact) mass is 424 g/mol. The number of hydrogen-bond acceptors (Lipinski definition) is 6. The van der Waals surface area contributed by atoms with Crippen LogP contribution in [0.3, 0.4) is 0 Å². The van der Waals surface area contributed by atoms with Gasteiger partial charge in [-0.3, -0.25) is 4.90 Å². The summed E-state index contributed by atoms with van der Waals surface area (Å²) < 4.78 is 30.5. The van der Waals surface area contributed by atoms with E-state index in [1.165, 1.54) is 17.7 Å². The van der Waals surface area contributed by atoms with Gasteiger partial charge in [-0.05, 0) is 46.7 Å². The van der Waals surface area contributed by atoms with Gasteiger partial charge in [-0.1, -0.05) is 30.3 Å². The van der Waals surface area contributed by atoms with E-state index in [9.17, 15) is 8.78 Å². The average molecular weight is 425 g/mol. The molecule has 0 unspecified atom stereocenters. The summed E-state index contributed by atoms with van der Waals surface area (Å²) in [6.45, 7) is -0.290. The molecule has 1 heterocycles. The van der Waals surface area contributed by atoms with Crippen molar-refractivity contribution in [1.82, 2.24) is 25.1 Å². The predicted octanol–water partition coefficient (Wildman–Crippen LogP) is 2.69. The van der Waals surface area contributed by atoms with Gasteiger partial charge in [0.15, 0.2) is 5.82 Å². The maximum atomic E-state index is 12.3. The highest BCUT2D eigenvalue weighted by atomic mass is 35.5. The molecule has 3 rings (SSSR count). The molecular formula is C19H23ClF2N6O. The van der Waals surface area contributed by atoms with Gasteiger partial charge in [0.25, 0.3) is 0 Å². The Balaban J connectivity index is 0.00000300. The molecule has 1 aromatic heterocycles. The molecule has 2 N–H and O–H groups in total. The highest BCUT2D eigenvalue weighted by Gasteiger charge is 2.14. The van der Waals surface area contributed by atoms with Crippen LogP contribution >= 0.6 is 12.4 Å². The Labute approximate surface area is 173 Å². The molecule has 0 bridgehead atoms. The lowest BCUT2D eigenvalue weighted by Gasteiger charge is -2.21. The lowest BCUT2D eigenvalue weighted by atomic mass is 10.1. The van der Waals surface area contributed by atoms with Crippen LogP contribution in [-0.2, 0) is 13.0 Å². The minimum atomic E-state index is -2.86. The minimum Gasteiger partial charge on any atom is -0.435 e. The van der Waals surface area contributed by atoms with Crippen LogP contribution < -0.4 is 10.5 Å². The summed E-state index contributed by atoms with van der Waals surface area (Å²) in [5, 5.41) is 11.9. The predicted molar refractivity (Wildman–Crippen MR) is 108 cm³/mol. The van der Waals surface area contributed by atoms with E-state index in [1.807, 2.05) is 18.2 Å². The quantitative estimate of drug-likeness (QED) is 0.539. The number of alkyl halides is 2. The summed E-state index contributed by atoms with van der Waals surface area (Å²) >= 11 is 0. The van der Waals surface area contributed by atoms with Gasteiger partial charge in [-0.2, -0.15) is 13.5 Å². The third-order valence-electron chi connectivity index (χ3n) is 4.21. The third-order valence-corrected chi connectivity index (χ3v) is 4.21. The molecule has 0 atom stereocenters. The fourth-order valence-corrected chi connectivity index (χ4v) is 2.86. The van der Waals surface area contributed by atoms with Crippen LogP contribution in [0.4, 0.5) is 8.78 Å². The van der Waals surface area contributed by atoms with Gasteiger partial charge in [0.1, 0.15) is 5.75 Å². The molecule has 10 heteroatoms. The molecule has 0 aliphatic carbocycles. The van der Waals surface area contributed by atoms with Crippen molar-refractivity contribution in [3.8, 4) is 11.4 Å². The van der Waals surface area contributed by atoms with E-state index < -0.39 is 6.61 Å². The number of hydrogen-bond donors (Lipinski definition) is 1. The Bertz CT molecular complexity index is 847. The summed E-state index contributed by atoms with van der Waals surface area (Å²) in [5.41, 5.74) is 7.67. The van der Waals surface area contributed by atoms with Crippen LogP contribution in [0.1, 0.15) is 11.4 Å². The third kappa shape index (κ3) is 6.74. The Morgan fingerprint density at radius 2 is 1.76 bits per heavy atom. The molecule has 0 radical (unpaired) electrons. The molecule has 0 spiro atoms. The molecule has 156 valence electrons. The highest BCUT2D eigenvalue weighted by molar-refractivity contribution is 5.85. The molecule has 0 saturated carbocycles. The van der Waals surface area contributed by atoms with Crippen LogP contribution in [0.5, 0.6) is 5.75 Å². The fraction of sp³-hybridized carbons (Fsp3) is 0.316. The Kier molecular flexibility index (Phi) is 8.91. The van der Waals surface area contributed by atoms with Gasteiger partial charge in [0.05, 0.1) is 12.2 Å². The van der Waals surface area contributed by atoms with Crippen molar-refractivity contribution >= 4 is 12.4 Å². The molecule has 7 nitrogen and oxygen atoms in total. The topological polar surface area (TPSA) is 82.1 Å². The zero-order valence-corrected chi connectivity index (χ0v) is 16.5. The van der Waals surface area contributed by atoms with E-state index in [2.05, 4.69) is 37.3 Å². The van der Waals surface area contributed by atoms with Gasteiger partial charge in [-0.25, -0.2) is 0 Å². The number of halogens is 3. The minimum absolute atomic E-state index is 0. The first kappa shape index (κ1) is 22.7. The highest BCUT2D eigenvalue weighted by Crippen LogP contribution is 2.18. The smallest absolute Gasteiger partial charge is 0.387 e. The molecule has 0 aliphatic rings. The van der Waals surface area contributed by atoms with Gasteiger partial charge >= 0.3 is 6.61 Å². The molecule has 0 fully saturated rings. The maximum Gasteiger partial charge on any atom is 0.387 e. The first-order chi connectivity index (χ1) is 13.7. The SMILES string of the molecule is Cl.NCCN(CCc1ccccc1)Cc1nnnn1-c1ccc(OC(F)F)cc1. The normalized spacial score (nSPS) is 10.9. The first-order valence-corrected chi connectivity index (χ1v) is 8.94. The van der Waals surface area contributed by atoms with Crippen LogP contribution in [0, 0.1) is 0 Å². The summed E-state index contributed by atoms with van der Waals surface area (Å²) in [6.07, 6.45) is 0.891. The largest absolute Gasteiger partial charge is 0.435 e. The average Bonchev–Trinajstić information content (AvgIpc) is 3.15.